The molecule has 2 aromatic heterocycles. The number of hydrogen-bond donors (Lipinski definition) is 0. The Labute approximate surface area is 398 Å². The van der Waals surface area contributed by atoms with Crippen LogP contribution >= 0.6 is 0 Å². The second kappa shape index (κ2) is 15.6. The Morgan fingerprint density at radius 3 is 1.87 bits per heavy atom. The van der Waals surface area contributed by atoms with Crippen LogP contribution in [0.1, 0.15) is 30.0 Å². The largest absolute Gasteiger partial charge is 0.455 e. The monoisotopic (exact) mass is 881 g/mol. The Bertz CT molecular complexity index is 4360. The van der Waals surface area contributed by atoms with Crippen molar-refractivity contribution in [1.29, 1.82) is 0 Å². The van der Waals surface area contributed by atoms with Gasteiger partial charge in [-0.1, -0.05) is 177 Å². The molecule has 4 nitrogen and oxygen atoms in total. The number of aromatic nitrogens is 1. The van der Waals surface area contributed by atoms with E-state index in [4.69, 9.17) is 14.4 Å². The van der Waals surface area contributed by atoms with Gasteiger partial charge in [0.05, 0.1) is 39.1 Å². The summed E-state index contributed by atoms with van der Waals surface area (Å²) in [6.07, 6.45) is 3.07. The molecule has 1 aliphatic heterocycles. The number of aliphatic imine (C=N–C) groups is 2. The maximum absolute atomic E-state index is 7.28. The SMILES string of the molecule is CC1C/C=C(\c2ccc3ccccc3c2)N=C(c2ccc(-n3c4cc5ccccc5cc4c4c5ccccc5ccc43)c3c2oc2cc4ccccc4cc23)N=C1c1cccc(-c2ccccc2)c1. The van der Waals surface area contributed by atoms with Gasteiger partial charge in [-0.15, -0.1) is 0 Å². The van der Waals surface area contributed by atoms with Crippen molar-refractivity contribution in [3.8, 4) is 16.8 Å². The zero-order valence-electron chi connectivity index (χ0n) is 37.9. The van der Waals surface area contributed by atoms with E-state index in [9.17, 15) is 0 Å². The molecule has 0 N–H and O–H groups in total. The summed E-state index contributed by atoms with van der Waals surface area (Å²) in [4.78, 5) is 11.4. The fourth-order valence-corrected chi connectivity index (χ4v) is 10.9. The number of furan rings is 1. The first-order valence-corrected chi connectivity index (χ1v) is 23.9. The van der Waals surface area contributed by atoms with Crippen molar-refractivity contribution in [3.05, 3.63) is 241 Å². The van der Waals surface area contributed by atoms with Crippen LogP contribution in [-0.2, 0) is 0 Å². The van der Waals surface area contributed by atoms with Crippen LogP contribution in [0.2, 0.25) is 0 Å². The lowest BCUT2D eigenvalue weighted by atomic mass is 9.91. The van der Waals surface area contributed by atoms with E-state index in [-0.39, 0.29) is 5.92 Å². The van der Waals surface area contributed by atoms with E-state index in [0.29, 0.717) is 5.84 Å². The Morgan fingerprint density at radius 1 is 0.435 bits per heavy atom. The molecule has 13 aromatic rings. The smallest absolute Gasteiger partial charge is 0.163 e. The summed E-state index contributed by atoms with van der Waals surface area (Å²) in [6, 6.07) is 78.8. The fraction of sp³-hybridized carbons (Fsp3) is 0.0462. The van der Waals surface area contributed by atoms with Gasteiger partial charge in [-0.05, 0) is 121 Å². The third-order valence-electron chi connectivity index (χ3n) is 14.4. The summed E-state index contributed by atoms with van der Waals surface area (Å²) in [5.41, 5.74) is 12.1. The van der Waals surface area contributed by atoms with Crippen LogP contribution < -0.4 is 0 Å². The molecule has 0 fully saturated rings. The summed E-state index contributed by atoms with van der Waals surface area (Å²) in [5.74, 6) is 0.690. The van der Waals surface area contributed by atoms with E-state index < -0.39 is 0 Å². The number of hydrogen-bond acceptors (Lipinski definition) is 3. The number of nitrogens with zero attached hydrogens (tertiary/aromatic N) is 3. The van der Waals surface area contributed by atoms with Gasteiger partial charge in [-0.2, -0.15) is 0 Å². The average molecular weight is 882 g/mol. The summed E-state index contributed by atoms with van der Waals surface area (Å²) >= 11 is 0. The molecule has 3 heterocycles. The Hall–Kier alpha value is -8.86. The first kappa shape index (κ1) is 39.3. The van der Waals surface area contributed by atoms with Crippen molar-refractivity contribution in [1.82, 2.24) is 4.57 Å². The molecule has 0 bridgehead atoms. The summed E-state index contributed by atoms with van der Waals surface area (Å²) in [6.45, 7) is 2.28. The van der Waals surface area contributed by atoms with E-state index in [1.54, 1.807) is 0 Å². The van der Waals surface area contributed by atoms with Crippen molar-refractivity contribution in [3.63, 3.8) is 0 Å². The van der Waals surface area contributed by atoms with Gasteiger partial charge in [0.15, 0.2) is 5.84 Å². The molecule has 11 aromatic carbocycles. The average Bonchev–Trinajstić information content (AvgIpc) is 3.94. The van der Waals surface area contributed by atoms with Crippen LogP contribution in [0.5, 0.6) is 0 Å². The van der Waals surface area contributed by atoms with E-state index in [0.717, 1.165) is 89.5 Å². The number of amidine groups is 1. The minimum absolute atomic E-state index is 0.0787. The van der Waals surface area contributed by atoms with Gasteiger partial charge in [0.2, 0.25) is 0 Å². The predicted octanol–water partition coefficient (Wildman–Crippen LogP) is 17.3. The summed E-state index contributed by atoms with van der Waals surface area (Å²) in [7, 11) is 0. The molecule has 14 rings (SSSR count). The van der Waals surface area contributed by atoms with E-state index in [2.05, 4.69) is 236 Å². The Kier molecular flexibility index (Phi) is 8.90. The molecule has 0 saturated heterocycles. The minimum Gasteiger partial charge on any atom is -0.455 e. The van der Waals surface area contributed by atoms with Gasteiger partial charge >= 0.3 is 0 Å². The molecule has 324 valence electrons. The fourth-order valence-electron chi connectivity index (χ4n) is 10.9. The molecular weight excluding hydrogens is 839 g/mol. The molecule has 1 unspecified atom stereocenters. The van der Waals surface area contributed by atoms with Crippen LogP contribution in [-0.4, -0.2) is 16.1 Å². The molecule has 0 amide bonds. The highest BCUT2D eigenvalue weighted by Crippen LogP contribution is 2.44. The highest BCUT2D eigenvalue weighted by atomic mass is 16.3. The maximum Gasteiger partial charge on any atom is 0.163 e. The highest BCUT2D eigenvalue weighted by molar-refractivity contribution is 6.26. The summed E-state index contributed by atoms with van der Waals surface area (Å²) in [5, 5.41) is 14.0. The van der Waals surface area contributed by atoms with Gasteiger partial charge in [-0.3, -0.25) is 0 Å². The number of benzene rings is 11. The third-order valence-corrected chi connectivity index (χ3v) is 14.4. The molecule has 0 radical (unpaired) electrons. The second-order valence-corrected chi connectivity index (χ2v) is 18.5. The zero-order valence-corrected chi connectivity index (χ0v) is 37.9. The van der Waals surface area contributed by atoms with E-state index >= 15 is 0 Å². The topological polar surface area (TPSA) is 42.8 Å². The lowest BCUT2D eigenvalue weighted by molar-refractivity contribution is 0.668. The minimum atomic E-state index is 0.0787. The lowest BCUT2D eigenvalue weighted by Gasteiger charge is -2.19. The van der Waals surface area contributed by atoms with Crippen LogP contribution in [0.3, 0.4) is 0 Å². The molecule has 1 atom stereocenters. The molecule has 0 aliphatic carbocycles. The quantitative estimate of drug-likeness (QED) is 0.170. The van der Waals surface area contributed by atoms with Crippen molar-refractivity contribution < 1.29 is 4.42 Å². The van der Waals surface area contributed by atoms with Gasteiger partial charge in [0.25, 0.3) is 0 Å². The number of rotatable bonds is 5. The van der Waals surface area contributed by atoms with Crippen LogP contribution in [0.25, 0.3) is 109 Å². The Balaban J connectivity index is 1.08. The van der Waals surface area contributed by atoms with Crippen molar-refractivity contribution in [2.45, 2.75) is 13.3 Å². The van der Waals surface area contributed by atoms with Gasteiger partial charge in [0, 0.05) is 27.6 Å². The van der Waals surface area contributed by atoms with Gasteiger partial charge in [-0.25, -0.2) is 9.98 Å². The standard InChI is InChI=1S/C65H43N3O/c1-40-26-31-56(50-28-27-42-16-5-6-18-44(42)34-50)66-65(67-63(40)51-24-13-23-45(35-51)41-14-3-2-4-15-41)53-30-33-58(62-55-37-47-20-8-10-22-49(47)39-60(55)69-64(53)62)68-57-32-29-43-17-11-12-25-52(43)61(57)54-36-46-19-7-9-21-48(46)38-59(54)68/h2-25,27-40H,26H2,1H3/b56-31+,66-65?,67-63?. The van der Waals surface area contributed by atoms with Crippen molar-refractivity contribution in [2.75, 3.05) is 0 Å². The predicted molar refractivity (Wildman–Crippen MR) is 291 cm³/mol. The Morgan fingerprint density at radius 2 is 1.07 bits per heavy atom. The maximum atomic E-state index is 7.28. The molecular formula is C65H43N3O. The molecule has 0 saturated carbocycles. The first-order valence-electron chi connectivity index (χ1n) is 23.9. The normalized spacial score (nSPS) is 15.3. The highest BCUT2D eigenvalue weighted by Gasteiger charge is 2.26. The van der Waals surface area contributed by atoms with Crippen molar-refractivity contribution >= 4 is 104 Å². The zero-order chi connectivity index (χ0) is 45.6. The van der Waals surface area contributed by atoms with Crippen LogP contribution in [0.15, 0.2) is 239 Å². The molecule has 1 aliphatic rings. The number of allylic oxidation sites excluding steroid dienone is 1. The first-order chi connectivity index (χ1) is 34.1. The molecule has 0 spiro atoms. The summed E-state index contributed by atoms with van der Waals surface area (Å²) < 4.78 is 9.75. The number of fused-ring (bicyclic) bond motifs is 11. The molecule has 4 heteroatoms. The van der Waals surface area contributed by atoms with Crippen LogP contribution in [0, 0.1) is 5.92 Å². The lowest BCUT2D eigenvalue weighted by Crippen LogP contribution is -2.17. The van der Waals surface area contributed by atoms with E-state index in [1.807, 2.05) is 0 Å². The van der Waals surface area contributed by atoms with Gasteiger partial charge < -0.3 is 8.98 Å². The van der Waals surface area contributed by atoms with Crippen LogP contribution in [0.4, 0.5) is 0 Å². The van der Waals surface area contributed by atoms with Gasteiger partial charge in [0.1, 0.15) is 11.2 Å². The third kappa shape index (κ3) is 6.44. The second-order valence-electron chi connectivity index (χ2n) is 18.5. The van der Waals surface area contributed by atoms with E-state index in [1.165, 1.54) is 48.7 Å². The molecule has 69 heavy (non-hydrogen) atoms. The van der Waals surface area contributed by atoms with Crippen molar-refractivity contribution in [2.24, 2.45) is 15.9 Å².